The van der Waals surface area contributed by atoms with Crippen molar-refractivity contribution in [3.05, 3.63) is 41.2 Å². The van der Waals surface area contributed by atoms with Crippen LogP contribution in [0, 0.1) is 0 Å². The van der Waals surface area contributed by atoms with Gasteiger partial charge in [0.25, 0.3) is 5.91 Å². The molecule has 2 heterocycles. The molecule has 1 atom stereocenters. The summed E-state index contributed by atoms with van der Waals surface area (Å²) in [5.74, 6) is -1.13. The monoisotopic (exact) mass is 388 g/mol. The molecule has 0 aliphatic carbocycles. The SMILES string of the molecule is CC(=O)C1=C(O)C(=O)N(CCC[NH+]2CCOCC2)[C@@H]1c1ccc(N(C)C)cc1. The molecule has 152 valence electrons. The Balaban J connectivity index is 1.78. The molecule has 0 saturated carbocycles. The fourth-order valence-electron chi connectivity index (χ4n) is 3.95. The molecule has 1 amide bonds. The minimum absolute atomic E-state index is 0.196. The number of nitrogens with one attached hydrogen (secondary N) is 1. The number of ether oxygens (including phenoxy) is 1. The van der Waals surface area contributed by atoms with E-state index in [1.165, 1.54) is 11.8 Å². The topological polar surface area (TPSA) is 74.5 Å². The van der Waals surface area contributed by atoms with Gasteiger partial charge in [0.05, 0.1) is 31.4 Å². The summed E-state index contributed by atoms with van der Waals surface area (Å²) in [6.45, 7) is 6.35. The van der Waals surface area contributed by atoms with E-state index in [-0.39, 0.29) is 11.4 Å². The number of aliphatic hydroxyl groups is 1. The molecule has 2 aliphatic heterocycles. The zero-order valence-electron chi connectivity index (χ0n) is 16.9. The van der Waals surface area contributed by atoms with Crippen LogP contribution in [0.5, 0.6) is 0 Å². The van der Waals surface area contributed by atoms with Crippen molar-refractivity contribution in [3.63, 3.8) is 0 Å². The molecule has 7 heteroatoms. The van der Waals surface area contributed by atoms with Crippen LogP contribution in [0.15, 0.2) is 35.6 Å². The van der Waals surface area contributed by atoms with Gasteiger partial charge in [-0.25, -0.2) is 0 Å². The largest absolute Gasteiger partial charge is 0.503 e. The molecular weight excluding hydrogens is 358 g/mol. The van der Waals surface area contributed by atoms with Crippen molar-refractivity contribution in [2.24, 2.45) is 0 Å². The Hall–Kier alpha value is -2.38. The van der Waals surface area contributed by atoms with Crippen LogP contribution in [0.1, 0.15) is 24.9 Å². The Morgan fingerprint density at radius 2 is 1.89 bits per heavy atom. The van der Waals surface area contributed by atoms with Crippen molar-refractivity contribution < 1.29 is 24.3 Å². The van der Waals surface area contributed by atoms with E-state index in [4.69, 9.17) is 4.74 Å². The second kappa shape index (κ2) is 8.75. The number of hydrogen-bond acceptors (Lipinski definition) is 5. The summed E-state index contributed by atoms with van der Waals surface area (Å²) in [6.07, 6.45) is 0.811. The lowest BCUT2D eigenvalue weighted by Gasteiger charge is -2.28. The predicted molar refractivity (Wildman–Crippen MR) is 107 cm³/mol. The van der Waals surface area contributed by atoms with E-state index in [1.807, 2.05) is 43.3 Å². The van der Waals surface area contributed by atoms with Crippen molar-refractivity contribution >= 4 is 17.4 Å². The number of hydrogen-bond donors (Lipinski definition) is 2. The number of amides is 1. The highest BCUT2D eigenvalue weighted by Gasteiger charge is 2.42. The molecule has 0 spiro atoms. The molecule has 1 saturated heterocycles. The number of nitrogens with zero attached hydrogens (tertiary/aromatic N) is 2. The number of aliphatic hydroxyl groups excluding tert-OH is 1. The molecule has 3 rings (SSSR count). The first kappa shape index (κ1) is 20.4. The third kappa shape index (κ3) is 4.20. The Kier molecular flexibility index (Phi) is 6.36. The Labute approximate surface area is 166 Å². The number of anilines is 1. The molecule has 1 aromatic rings. The first-order valence-corrected chi connectivity index (χ1v) is 9.83. The normalized spacial score (nSPS) is 20.8. The molecule has 28 heavy (non-hydrogen) atoms. The van der Waals surface area contributed by atoms with Gasteiger partial charge in [-0.3, -0.25) is 9.59 Å². The zero-order valence-corrected chi connectivity index (χ0v) is 16.9. The van der Waals surface area contributed by atoms with Gasteiger partial charge in [0.15, 0.2) is 11.5 Å². The maximum Gasteiger partial charge on any atom is 0.290 e. The number of Topliss-reactive ketones (excluding diaryl/α,β-unsaturated/α-hetero) is 1. The lowest BCUT2D eigenvalue weighted by atomic mass is 9.96. The molecular formula is C21H30N3O4+. The second-order valence-electron chi connectivity index (χ2n) is 7.67. The van der Waals surface area contributed by atoms with Gasteiger partial charge in [0, 0.05) is 32.7 Å². The fourth-order valence-corrected chi connectivity index (χ4v) is 3.95. The van der Waals surface area contributed by atoms with Crippen molar-refractivity contribution in [2.45, 2.75) is 19.4 Å². The van der Waals surface area contributed by atoms with E-state index >= 15 is 0 Å². The highest BCUT2D eigenvalue weighted by atomic mass is 16.5. The summed E-state index contributed by atoms with van der Waals surface area (Å²) < 4.78 is 5.39. The van der Waals surface area contributed by atoms with Gasteiger partial charge in [-0.1, -0.05) is 12.1 Å². The van der Waals surface area contributed by atoms with E-state index < -0.39 is 17.7 Å². The second-order valence-corrected chi connectivity index (χ2v) is 7.67. The number of carbonyl (C=O) groups is 2. The Morgan fingerprint density at radius 3 is 2.46 bits per heavy atom. The average Bonchev–Trinajstić information content (AvgIpc) is 2.94. The predicted octanol–water partition coefficient (Wildman–Crippen LogP) is 0.342. The first-order chi connectivity index (χ1) is 13.4. The van der Waals surface area contributed by atoms with Crippen molar-refractivity contribution in [1.29, 1.82) is 0 Å². The molecule has 2 aliphatic rings. The summed E-state index contributed by atoms with van der Waals surface area (Å²) in [4.78, 5) is 30.0. The van der Waals surface area contributed by atoms with Crippen molar-refractivity contribution in [3.8, 4) is 0 Å². The van der Waals surface area contributed by atoms with Gasteiger partial charge in [-0.05, 0) is 24.6 Å². The molecule has 1 fully saturated rings. The number of ketones is 1. The van der Waals surface area contributed by atoms with Crippen LogP contribution in [0.25, 0.3) is 0 Å². The molecule has 0 unspecified atom stereocenters. The third-order valence-electron chi connectivity index (χ3n) is 5.54. The highest BCUT2D eigenvalue weighted by molar-refractivity contribution is 6.08. The van der Waals surface area contributed by atoms with Crippen molar-refractivity contribution in [2.75, 3.05) is 58.4 Å². The standard InChI is InChI=1S/C21H29N3O4/c1-15(25)18-19(16-5-7-17(8-6-16)22(2)3)24(21(27)20(18)26)10-4-9-23-11-13-28-14-12-23/h5-8,19,26H,4,9-14H2,1-3H3/p+1/t19-/m1/s1. The molecule has 0 radical (unpaired) electrons. The maximum absolute atomic E-state index is 12.7. The summed E-state index contributed by atoms with van der Waals surface area (Å²) in [6, 6.07) is 7.25. The number of benzene rings is 1. The summed E-state index contributed by atoms with van der Waals surface area (Å²) in [5.41, 5.74) is 2.07. The maximum atomic E-state index is 12.7. The quantitative estimate of drug-likeness (QED) is 0.705. The third-order valence-corrected chi connectivity index (χ3v) is 5.54. The molecule has 7 nitrogen and oxygen atoms in total. The smallest absolute Gasteiger partial charge is 0.290 e. The lowest BCUT2D eigenvalue weighted by molar-refractivity contribution is -0.908. The Bertz CT molecular complexity index is 751. The molecule has 2 N–H and O–H groups in total. The van der Waals surface area contributed by atoms with Crippen LogP contribution < -0.4 is 9.80 Å². The minimum Gasteiger partial charge on any atom is -0.503 e. The summed E-state index contributed by atoms with van der Waals surface area (Å²) >= 11 is 0. The fraction of sp³-hybridized carbons (Fsp3) is 0.524. The van der Waals surface area contributed by atoms with Gasteiger partial charge in [0.1, 0.15) is 13.1 Å². The van der Waals surface area contributed by atoms with Crippen LogP contribution in [-0.4, -0.2) is 75.2 Å². The van der Waals surface area contributed by atoms with Crippen LogP contribution in [0.3, 0.4) is 0 Å². The van der Waals surface area contributed by atoms with E-state index in [0.29, 0.717) is 6.54 Å². The van der Waals surface area contributed by atoms with Crippen LogP contribution in [0.4, 0.5) is 5.69 Å². The highest BCUT2D eigenvalue weighted by Crippen LogP contribution is 2.38. The van der Waals surface area contributed by atoms with E-state index in [2.05, 4.69) is 0 Å². The van der Waals surface area contributed by atoms with Crippen LogP contribution in [0.2, 0.25) is 0 Å². The van der Waals surface area contributed by atoms with Crippen LogP contribution >= 0.6 is 0 Å². The van der Waals surface area contributed by atoms with Crippen molar-refractivity contribution in [1.82, 2.24) is 4.90 Å². The van der Waals surface area contributed by atoms with E-state index in [0.717, 1.165) is 50.5 Å². The Morgan fingerprint density at radius 1 is 1.25 bits per heavy atom. The summed E-state index contributed by atoms with van der Waals surface area (Å²) in [5, 5.41) is 10.4. The average molecular weight is 388 g/mol. The molecule has 0 bridgehead atoms. The van der Waals surface area contributed by atoms with Gasteiger partial charge in [-0.15, -0.1) is 0 Å². The van der Waals surface area contributed by atoms with E-state index in [9.17, 15) is 14.7 Å². The van der Waals surface area contributed by atoms with E-state index in [1.54, 1.807) is 4.90 Å². The minimum atomic E-state index is -0.527. The molecule has 1 aromatic carbocycles. The van der Waals surface area contributed by atoms with Gasteiger partial charge in [0.2, 0.25) is 0 Å². The zero-order chi connectivity index (χ0) is 20.3. The number of rotatable bonds is 7. The number of morpholine rings is 1. The number of carbonyl (C=O) groups excluding carboxylic acids is 2. The molecule has 0 aromatic heterocycles. The van der Waals surface area contributed by atoms with Gasteiger partial charge < -0.3 is 24.5 Å². The van der Waals surface area contributed by atoms with Crippen LogP contribution in [-0.2, 0) is 14.3 Å². The lowest BCUT2D eigenvalue weighted by Crippen LogP contribution is -3.14. The summed E-state index contributed by atoms with van der Waals surface area (Å²) in [7, 11) is 3.92. The number of quaternary nitrogens is 1. The van der Waals surface area contributed by atoms with Gasteiger partial charge in [-0.2, -0.15) is 0 Å². The first-order valence-electron chi connectivity index (χ1n) is 9.83. The van der Waals surface area contributed by atoms with Gasteiger partial charge >= 0.3 is 0 Å².